The summed E-state index contributed by atoms with van der Waals surface area (Å²) in [4.78, 5) is 25.6. The maximum Gasteiger partial charge on any atom is 0.164 e. The molecule has 4 aromatic heterocycles. The van der Waals surface area contributed by atoms with Crippen LogP contribution >= 0.6 is 0 Å². The molecule has 0 unspecified atom stereocenters. The van der Waals surface area contributed by atoms with Crippen LogP contribution in [0.5, 0.6) is 0 Å². The quantitative estimate of drug-likeness (QED) is 0.157. The maximum atomic E-state index is 6.60. The summed E-state index contributed by atoms with van der Waals surface area (Å²) >= 11 is 0. The molecule has 14 rings (SSSR count). The molecule has 0 N–H and O–H groups in total. The van der Waals surface area contributed by atoms with Crippen molar-refractivity contribution in [3.63, 3.8) is 0 Å². The van der Waals surface area contributed by atoms with E-state index in [0.717, 1.165) is 116 Å². The lowest BCUT2D eigenvalue weighted by Gasteiger charge is -2.12. The largest absolute Gasteiger partial charge is 0.456 e. The van der Waals surface area contributed by atoms with E-state index < -0.39 is 0 Å². The summed E-state index contributed by atoms with van der Waals surface area (Å²) in [5.41, 5.74) is 12.4. The van der Waals surface area contributed by atoms with Crippen LogP contribution < -0.4 is 0 Å². The maximum absolute atomic E-state index is 6.60. The highest BCUT2D eigenvalue weighted by atomic mass is 16.3. The molecule has 7 heteroatoms. The fourth-order valence-corrected chi connectivity index (χ4v) is 9.77. The summed E-state index contributed by atoms with van der Waals surface area (Å²) in [6, 6.07) is 77.0. The van der Waals surface area contributed by atoms with Crippen molar-refractivity contribution in [2.75, 3.05) is 0 Å². The van der Waals surface area contributed by atoms with Crippen LogP contribution in [0.15, 0.2) is 233 Å². The third-order valence-corrected chi connectivity index (χ3v) is 13.3. The van der Waals surface area contributed by atoms with Crippen LogP contribution in [-0.4, -0.2) is 24.9 Å². The van der Waals surface area contributed by atoms with E-state index in [1.807, 2.05) is 72.8 Å². The van der Waals surface area contributed by atoms with Gasteiger partial charge in [0.05, 0.1) is 11.4 Å². The van der Waals surface area contributed by atoms with Gasteiger partial charge < -0.3 is 8.83 Å². The van der Waals surface area contributed by atoms with Gasteiger partial charge in [0.25, 0.3) is 0 Å². The highest BCUT2D eigenvalue weighted by Gasteiger charge is 2.18. The third-order valence-electron chi connectivity index (χ3n) is 13.3. The summed E-state index contributed by atoms with van der Waals surface area (Å²) in [5, 5.41) is 8.85. The first kappa shape index (κ1) is 39.6. The van der Waals surface area contributed by atoms with Crippen molar-refractivity contribution >= 4 is 65.4 Å². The Kier molecular flexibility index (Phi) is 9.07. The number of furan rings is 2. The molecule has 0 amide bonds. The fourth-order valence-electron chi connectivity index (χ4n) is 9.77. The molecule has 4 heterocycles. The van der Waals surface area contributed by atoms with Crippen LogP contribution in [0.25, 0.3) is 145 Å². The van der Waals surface area contributed by atoms with Crippen LogP contribution in [0.1, 0.15) is 0 Å². The minimum absolute atomic E-state index is 0.561. The fraction of sp³-hybridized carbons (Fsp3) is 0. The zero-order chi connectivity index (χ0) is 46.1. The van der Waals surface area contributed by atoms with Crippen LogP contribution in [0.4, 0.5) is 0 Å². The summed E-state index contributed by atoms with van der Waals surface area (Å²) in [7, 11) is 0. The molecule has 326 valence electrons. The van der Waals surface area contributed by atoms with E-state index in [9.17, 15) is 0 Å². The van der Waals surface area contributed by atoms with Gasteiger partial charge in [-0.05, 0) is 87.9 Å². The topological polar surface area (TPSA) is 90.7 Å². The highest BCUT2D eigenvalue weighted by Crippen LogP contribution is 2.39. The van der Waals surface area contributed by atoms with Crippen LogP contribution in [0, 0.1) is 0 Å². The van der Waals surface area contributed by atoms with E-state index in [4.69, 9.17) is 33.8 Å². The lowest BCUT2D eigenvalue weighted by Crippen LogP contribution is -2.00. The third kappa shape index (κ3) is 6.87. The average molecular weight is 896 g/mol. The molecule has 0 saturated heterocycles. The molecule has 10 aromatic carbocycles. The van der Waals surface area contributed by atoms with Crippen molar-refractivity contribution in [1.29, 1.82) is 0 Å². The lowest BCUT2D eigenvalue weighted by molar-refractivity contribution is 0.669. The van der Waals surface area contributed by atoms with Crippen molar-refractivity contribution < 1.29 is 8.83 Å². The summed E-state index contributed by atoms with van der Waals surface area (Å²) in [6.07, 6.45) is 0. The Labute approximate surface area is 401 Å². The van der Waals surface area contributed by atoms with E-state index in [2.05, 4.69) is 152 Å². The SMILES string of the molecule is c1ccc(-c2nc(-c3cccc(-c4cccc(-c5nc(-c6ccccc6)nc(-c6ccc7c(c6)oc6cc8ccccc8cc67)n5)c4)c3)cc(-c3ccc4c(c3)oc3c5ccccc5ccc43)n2)cc1. The van der Waals surface area contributed by atoms with Gasteiger partial charge in [0.15, 0.2) is 23.3 Å². The standard InChI is InChI=1S/C63H37N5O2/c1-3-14-39(15-4-1)60-64-54(37-55(65-60)46-26-28-50-52-30-25-38-13-9-10-24-49(38)59(52)70-57(50)35-46)45-22-11-20-41(31-45)42-21-12-23-47(32-42)62-66-61(40-16-5-2-6-17-40)67-63(68-62)48-27-29-51-53-33-43-18-7-8-19-44(43)34-58(53)69-56(51)36-48/h1-37H. The van der Waals surface area contributed by atoms with E-state index in [1.54, 1.807) is 0 Å². The van der Waals surface area contributed by atoms with E-state index in [0.29, 0.717) is 23.3 Å². The van der Waals surface area contributed by atoms with E-state index in [-0.39, 0.29) is 0 Å². The summed E-state index contributed by atoms with van der Waals surface area (Å²) < 4.78 is 13.1. The van der Waals surface area contributed by atoms with Gasteiger partial charge in [-0.2, -0.15) is 0 Å². The predicted octanol–water partition coefficient (Wildman–Crippen LogP) is 16.4. The van der Waals surface area contributed by atoms with E-state index >= 15 is 0 Å². The molecular weight excluding hydrogens is 859 g/mol. The number of fused-ring (bicyclic) bond motifs is 9. The highest BCUT2D eigenvalue weighted by molar-refractivity contribution is 6.15. The molecule has 0 aliphatic heterocycles. The minimum Gasteiger partial charge on any atom is -0.456 e. The van der Waals surface area contributed by atoms with Crippen LogP contribution in [0.3, 0.4) is 0 Å². The average Bonchev–Trinajstić information content (AvgIpc) is 4.00. The van der Waals surface area contributed by atoms with Crippen LogP contribution in [0.2, 0.25) is 0 Å². The number of hydrogen-bond donors (Lipinski definition) is 0. The molecule has 0 atom stereocenters. The molecule has 70 heavy (non-hydrogen) atoms. The first-order chi connectivity index (χ1) is 34.6. The number of nitrogens with zero attached hydrogens (tertiary/aromatic N) is 5. The number of aromatic nitrogens is 5. The molecule has 0 spiro atoms. The Morgan fingerprint density at radius 2 is 0.686 bits per heavy atom. The Morgan fingerprint density at radius 3 is 1.40 bits per heavy atom. The van der Waals surface area contributed by atoms with Crippen molar-refractivity contribution in [3.05, 3.63) is 224 Å². The molecule has 0 aliphatic carbocycles. The monoisotopic (exact) mass is 895 g/mol. The van der Waals surface area contributed by atoms with Crippen molar-refractivity contribution in [2.24, 2.45) is 0 Å². The van der Waals surface area contributed by atoms with Gasteiger partial charge in [-0.25, -0.2) is 24.9 Å². The Bertz CT molecular complexity index is 4370. The smallest absolute Gasteiger partial charge is 0.164 e. The Balaban J connectivity index is 0.850. The zero-order valence-electron chi connectivity index (χ0n) is 37.4. The first-order valence-electron chi connectivity index (χ1n) is 23.3. The van der Waals surface area contributed by atoms with Gasteiger partial charge in [0, 0.05) is 60.3 Å². The van der Waals surface area contributed by atoms with Gasteiger partial charge in [-0.1, -0.05) is 164 Å². The minimum atomic E-state index is 0.561. The molecule has 0 saturated carbocycles. The van der Waals surface area contributed by atoms with Crippen molar-refractivity contribution in [2.45, 2.75) is 0 Å². The second kappa shape index (κ2) is 16.0. The second-order valence-electron chi connectivity index (χ2n) is 17.6. The van der Waals surface area contributed by atoms with Crippen LogP contribution in [-0.2, 0) is 0 Å². The molecule has 0 bridgehead atoms. The number of benzene rings is 10. The Morgan fingerprint density at radius 1 is 0.229 bits per heavy atom. The molecule has 0 fully saturated rings. The molecule has 0 aliphatic rings. The van der Waals surface area contributed by atoms with Gasteiger partial charge >= 0.3 is 0 Å². The Hall–Kier alpha value is -9.59. The van der Waals surface area contributed by atoms with Gasteiger partial charge in [0.1, 0.15) is 22.3 Å². The molecular formula is C63H37N5O2. The lowest BCUT2D eigenvalue weighted by atomic mass is 9.98. The second-order valence-corrected chi connectivity index (χ2v) is 17.6. The van der Waals surface area contributed by atoms with Gasteiger partial charge in [-0.3, -0.25) is 0 Å². The number of hydrogen-bond acceptors (Lipinski definition) is 7. The van der Waals surface area contributed by atoms with E-state index in [1.165, 1.54) is 5.39 Å². The normalized spacial score (nSPS) is 11.7. The zero-order valence-corrected chi connectivity index (χ0v) is 37.4. The predicted molar refractivity (Wildman–Crippen MR) is 283 cm³/mol. The van der Waals surface area contributed by atoms with Gasteiger partial charge in [0.2, 0.25) is 0 Å². The number of rotatable bonds is 7. The first-order valence-corrected chi connectivity index (χ1v) is 23.3. The molecule has 7 nitrogen and oxygen atoms in total. The van der Waals surface area contributed by atoms with Crippen molar-refractivity contribution in [1.82, 2.24) is 24.9 Å². The molecule has 0 radical (unpaired) electrons. The van der Waals surface area contributed by atoms with Gasteiger partial charge in [-0.15, -0.1) is 0 Å². The molecule has 14 aromatic rings. The summed E-state index contributed by atoms with van der Waals surface area (Å²) in [6.45, 7) is 0. The van der Waals surface area contributed by atoms with Crippen molar-refractivity contribution in [3.8, 4) is 79.2 Å². The summed E-state index contributed by atoms with van der Waals surface area (Å²) in [5.74, 6) is 2.36.